The number of rotatable bonds is 5. The van der Waals surface area contributed by atoms with Gasteiger partial charge in [0.15, 0.2) is 6.10 Å². The highest BCUT2D eigenvalue weighted by Crippen LogP contribution is 2.06. The van der Waals surface area contributed by atoms with Crippen molar-refractivity contribution in [3.05, 3.63) is 18.0 Å². The smallest absolute Gasteiger partial charge is 0.347 e. The predicted molar refractivity (Wildman–Crippen MR) is 58.1 cm³/mol. The lowest BCUT2D eigenvalue weighted by Crippen LogP contribution is -2.26. The fourth-order valence-electron chi connectivity index (χ4n) is 1.05. The van der Waals surface area contributed by atoms with Crippen molar-refractivity contribution in [2.75, 3.05) is 6.61 Å². The van der Waals surface area contributed by atoms with Crippen molar-refractivity contribution in [1.29, 1.82) is 0 Å². The number of carbonyl (C=O) groups excluding carboxylic acids is 1. The van der Waals surface area contributed by atoms with Crippen LogP contribution in [-0.4, -0.2) is 28.6 Å². The van der Waals surface area contributed by atoms with E-state index in [1.165, 1.54) is 0 Å². The molecular formula is C11H16N2O3. The summed E-state index contributed by atoms with van der Waals surface area (Å²) in [6.07, 6.45) is 3.54. The van der Waals surface area contributed by atoms with E-state index in [4.69, 9.17) is 9.47 Å². The van der Waals surface area contributed by atoms with Crippen LogP contribution in [0.4, 0.5) is 0 Å². The molecule has 0 spiro atoms. The highest BCUT2D eigenvalue weighted by molar-refractivity contribution is 5.74. The van der Waals surface area contributed by atoms with Crippen molar-refractivity contribution in [3.8, 4) is 6.01 Å². The van der Waals surface area contributed by atoms with Gasteiger partial charge in [0.2, 0.25) is 0 Å². The number of carbonyl (C=O) groups is 1. The van der Waals surface area contributed by atoms with Gasteiger partial charge in [0.25, 0.3) is 0 Å². The molecule has 1 aromatic rings. The molecule has 1 atom stereocenters. The Kier molecular flexibility index (Phi) is 4.69. The van der Waals surface area contributed by atoms with Gasteiger partial charge in [-0.3, -0.25) is 0 Å². The predicted octanol–water partition coefficient (Wildman–Crippen LogP) is 1.37. The number of esters is 1. The summed E-state index contributed by atoms with van der Waals surface area (Å²) in [7, 11) is 0. The monoisotopic (exact) mass is 224 g/mol. The number of aryl methyl sites for hydroxylation is 1. The van der Waals surface area contributed by atoms with Crippen LogP contribution in [0.2, 0.25) is 0 Å². The van der Waals surface area contributed by atoms with Gasteiger partial charge in [0.1, 0.15) is 0 Å². The number of nitrogens with zero attached hydrogens (tertiary/aromatic N) is 2. The summed E-state index contributed by atoms with van der Waals surface area (Å²) in [5, 5.41) is 0. The molecule has 5 nitrogen and oxygen atoms in total. The molecule has 0 aliphatic carbocycles. The van der Waals surface area contributed by atoms with Crippen LogP contribution in [0.3, 0.4) is 0 Å². The standard InChI is InChI=1S/C11H16N2O3/c1-4-9-6-12-11(13-7-9)16-8(3)10(14)15-5-2/h6-8H,4-5H2,1-3H3. The molecule has 1 aromatic heterocycles. The first kappa shape index (κ1) is 12.4. The summed E-state index contributed by atoms with van der Waals surface area (Å²) in [6.45, 7) is 5.70. The van der Waals surface area contributed by atoms with E-state index in [9.17, 15) is 4.79 Å². The van der Waals surface area contributed by atoms with Gasteiger partial charge < -0.3 is 9.47 Å². The van der Waals surface area contributed by atoms with Gasteiger partial charge in [0, 0.05) is 12.4 Å². The van der Waals surface area contributed by atoms with Gasteiger partial charge in [-0.1, -0.05) is 6.92 Å². The second-order valence-corrected chi connectivity index (χ2v) is 3.24. The molecular weight excluding hydrogens is 208 g/mol. The number of hydrogen-bond donors (Lipinski definition) is 0. The Morgan fingerprint density at radius 1 is 1.38 bits per heavy atom. The lowest BCUT2D eigenvalue weighted by atomic mass is 10.3. The maximum absolute atomic E-state index is 11.3. The molecule has 16 heavy (non-hydrogen) atoms. The van der Waals surface area contributed by atoms with Crippen molar-refractivity contribution in [3.63, 3.8) is 0 Å². The van der Waals surface area contributed by atoms with Gasteiger partial charge in [-0.25, -0.2) is 14.8 Å². The van der Waals surface area contributed by atoms with Crippen molar-refractivity contribution >= 4 is 5.97 Å². The lowest BCUT2D eigenvalue weighted by Gasteiger charge is -2.11. The second-order valence-electron chi connectivity index (χ2n) is 3.24. The summed E-state index contributed by atoms with van der Waals surface area (Å²) in [5.41, 5.74) is 1.02. The van der Waals surface area contributed by atoms with Crippen molar-refractivity contribution in [1.82, 2.24) is 9.97 Å². The Hall–Kier alpha value is -1.65. The summed E-state index contributed by atoms with van der Waals surface area (Å²) >= 11 is 0. The maximum Gasteiger partial charge on any atom is 0.347 e. The quantitative estimate of drug-likeness (QED) is 0.707. The van der Waals surface area contributed by atoms with Gasteiger partial charge in [0.05, 0.1) is 6.61 Å². The molecule has 0 amide bonds. The van der Waals surface area contributed by atoms with Gasteiger partial charge >= 0.3 is 12.0 Å². The molecule has 0 bridgehead atoms. The minimum absolute atomic E-state index is 0.192. The van der Waals surface area contributed by atoms with Crippen molar-refractivity contribution < 1.29 is 14.3 Å². The molecule has 0 radical (unpaired) electrons. The number of hydrogen-bond acceptors (Lipinski definition) is 5. The van der Waals surface area contributed by atoms with Gasteiger partial charge in [-0.2, -0.15) is 0 Å². The van der Waals surface area contributed by atoms with Gasteiger partial charge in [-0.05, 0) is 25.8 Å². The Balaban J connectivity index is 2.55. The highest BCUT2D eigenvalue weighted by Gasteiger charge is 2.16. The maximum atomic E-state index is 11.3. The highest BCUT2D eigenvalue weighted by atomic mass is 16.6. The Labute approximate surface area is 94.8 Å². The molecule has 1 rings (SSSR count). The molecule has 0 N–H and O–H groups in total. The lowest BCUT2D eigenvalue weighted by molar-refractivity contribution is -0.150. The largest absolute Gasteiger partial charge is 0.463 e. The minimum Gasteiger partial charge on any atom is -0.463 e. The second kappa shape index (κ2) is 6.05. The zero-order valence-electron chi connectivity index (χ0n) is 9.77. The van der Waals surface area contributed by atoms with E-state index in [-0.39, 0.29) is 6.01 Å². The first-order valence-corrected chi connectivity index (χ1v) is 5.31. The fourth-order valence-corrected chi connectivity index (χ4v) is 1.05. The number of ether oxygens (including phenoxy) is 2. The van der Waals surface area contributed by atoms with Crippen LogP contribution in [0.15, 0.2) is 12.4 Å². The number of aromatic nitrogens is 2. The minimum atomic E-state index is -0.688. The van der Waals surface area contributed by atoms with Crippen LogP contribution in [-0.2, 0) is 16.0 Å². The summed E-state index contributed by atoms with van der Waals surface area (Å²) in [4.78, 5) is 19.2. The first-order valence-electron chi connectivity index (χ1n) is 5.31. The molecule has 0 saturated heterocycles. The van der Waals surface area contributed by atoms with E-state index in [1.807, 2.05) is 6.92 Å². The first-order chi connectivity index (χ1) is 7.67. The van der Waals surface area contributed by atoms with Crippen LogP contribution < -0.4 is 4.74 Å². The molecule has 1 unspecified atom stereocenters. The van der Waals surface area contributed by atoms with E-state index in [2.05, 4.69) is 9.97 Å². The fraction of sp³-hybridized carbons (Fsp3) is 0.545. The molecule has 0 fully saturated rings. The topological polar surface area (TPSA) is 61.3 Å². The Bertz CT molecular complexity index is 338. The average molecular weight is 224 g/mol. The van der Waals surface area contributed by atoms with E-state index in [0.29, 0.717) is 6.61 Å². The van der Waals surface area contributed by atoms with Crippen LogP contribution >= 0.6 is 0 Å². The van der Waals surface area contributed by atoms with Gasteiger partial charge in [-0.15, -0.1) is 0 Å². The molecule has 88 valence electrons. The van der Waals surface area contributed by atoms with E-state index < -0.39 is 12.1 Å². The zero-order valence-corrected chi connectivity index (χ0v) is 9.77. The van der Waals surface area contributed by atoms with E-state index in [1.54, 1.807) is 26.2 Å². The molecule has 0 saturated carbocycles. The normalized spacial score (nSPS) is 11.9. The summed E-state index contributed by atoms with van der Waals surface area (Å²) in [5.74, 6) is -0.411. The Morgan fingerprint density at radius 3 is 2.50 bits per heavy atom. The van der Waals surface area contributed by atoms with Crippen LogP contribution in [0.5, 0.6) is 6.01 Å². The molecule has 5 heteroatoms. The van der Waals surface area contributed by atoms with E-state index >= 15 is 0 Å². The third kappa shape index (κ3) is 3.49. The van der Waals surface area contributed by atoms with Crippen LogP contribution in [0, 0.1) is 0 Å². The van der Waals surface area contributed by atoms with Crippen molar-refractivity contribution in [2.45, 2.75) is 33.3 Å². The molecule has 1 heterocycles. The van der Waals surface area contributed by atoms with Crippen LogP contribution in [0.25, 0.3) is 0 Å². The van der Waals surface area contributed by atoms with Crippen molar-refractivity contribution in [2.24, 2.45) is 0 Å². The summed E-state index contributed by atoms with van der Waals surface area (Å²) in [6, 6.07) is 0.192. The van der Waals surface area contributed by atoms with Crippen LogP contribution in [0.1, 0.15) is 26.3 Å². The third-order valence-corrected chi connectivity index (χ3v) is 1.99. The molecule has 0 aromatic carbocycles. The SMILES string of the molecule is CCOC(=O)C(C)Oc1ncc(CC)cn1. The summed E-state index contributed by atoms with van der Waals surface area (Å²) < 4.78 is 10.0. The average Bonchev–Trinajstić information content (AvgIpc) is 2.30. The molecule has 0 aliphatic heterocycles. The Morgan fingerprint density at radius 2 is 2.00 bits per heavy atom. The van der Waals surface area contributed by atoms with E-state index in [0.717, 1.165) is 12.0 Å². The molecule has 0 aliphatic rings. The third-order valence-electron chi connectivity index (χ3n) is 1.99. The zero-order chi connectivity index (χ0) is 12.0.